The van der Waals surface area contributed by atoms with Crippen molar-refractivity contribution in [2.24, 2.45) is 0 Å². The summed E-state index contributed by atoms with van der Waals surface area (Å²) in [6.07, 6.45) is 1.87. The molecule has 2 aliphatic heterocycles. The highest BCUT2D eigenvalue weighted by Crippen LogP contribution is 2.36. The Hall–Kier alpha value is -3.81. The third kappa shape index (κ3) is 4.99. The van der Waals surface area contributed by atoms with Crippen LogP contribution in [0.1, 0.15) is 16.7 Å². The first-order chi connectivity index (χ1) is 18.7. The van der Waals surface area contributed by atoms with Crippen molar-refractivity contribution in [3.05, 3.63) is 89.6 Å². The van der Waals surface area contributed by atoms with Crippen LogP contribution in [0.15, 0.2) is 72.9 Å². The van der Waals surface area contributed by atoms with Gasteiger partial charge in [0.2, 0.25) is 0 Å². The average Bonchev–Trinajstić information content (AvgIpc) is 2.98. The van der Waals surface area contributed by atoms with Crippen LogP contribution in [0.2, 0.25) is 0 Å². The van der Waals surface area contributed by atoms with Crippen LogP contribution < -0.4 is 19.1 Å². The molecule has 0 saturated carbocycles. The molecule has 0 aliphatic carbocycles. The van der Waals surface area contributed by atoms with Gasteiger partial charge in [-0.3, -0.25) is 14.8 Å². The van der Waals surface area contributed by atoms with Crippen LogP contribution in [-0.2, 0) is 19.6 Å². The summed E-state index contributed by atoms with van der Waals surface area (Å²) in [5.41, 5.74) is 5.90. The van der Waals surface area contributed by atoms with Crippen molar-refractivity contribution in [2.45, 2.75) is 19.6 Å². The van der Waals surface area contributed by atoms with E-state index in [2.05, 4.69) is 51.1 Å². The van der Waals surface area contributed by atoms with E-state index in [1.165, 1.54) is 27.8 Å². The van der Waals surface area contributed by atoms with Gasteiger partial charge in [-0.15, -0.1) is 0 Å². The standard InChI is InChI=1S/C31H34N4O3/c1-36-26-11-9-23(10-12-26)19-34-21-25-18-24(27-6-5-13-32-30(27)31(25)38-22-34)20-33-14-16-35(17-15-33)28-7-3-4-8-29(28)37-2/h3-13,18H,14-17,19-22H2,1-2H3. The van der Waals surface area contributed by atoms with E-state index in [0.29, 0.717) is 6.73 Å². The number of ether oxygens (including phenoxy) is 3. The summed E-state index contributed by atoms with van der Waals surface area (Å²) in [6.45, 7) is 7.05. The summed E-state index contributed by atoms with van der Waals surface area (Å²) in [5.74, 6) is 2.74. The number of benzene rings is 3. The monoisotopic (exact) mass is 510 g/mol. The lowest BCUT2D eigenvalue weighted by Crippen LogP contribution is -2.46. The largest absolute Gasteiger partial charge is 0.497 e. The van der Waals surface area contributed by atoms with Crippen molar-refractivity contribution < 1.29 is 14.2 Å². The van der Waals surface area contributed by atoms with Crippen molar-refractivity contribution in [1.29, 1.82) is 0 Å². The molecule has 6 rings (SSSR count). The van der Waals surface area contributed by atoms with E-state index >= 15 is 0 Å². The molecule has 7 nitrogen and oxygen atoms in total. The normalized spacial score (nSPS) is 16.2. The lowest BCUT2D eigenvalue weighted by Gasteiger charge is -2.37. The van der Waals surface area contributed by atoms with E-state index in [9.17, 15) is 0 Å². The third-order valence-electron chi connectivity index (χ3n) is 7.55. The zero-order valence-electron chi connectivity index (χ0n) is 22.1. The van der Waals surface area contributed by atoms with Crippen LogP contribution in [0.3, 0.4) is 0 Å². The Labute approximate surface area is 224 Å². The molecule has 196 valence electrons. The molecule has 0 spiro atoms. The van der Waals surface area contributed by atoms with Crippen LogP contribution in [0.25, 0.3) is 10.9 Å². The van der Waals surface area contributed by atoms with Crippen LogP contribution in [0.4, 0.5) is 5.69 Å². The lowest BCUT2D eigenvalue weighted by atomic mass is 10.0. The van der Waals surface area contributed by atoms with Gasteiger partial charge in [0.1, 0.15) is 23.7 Å². The Balaban J connectivity index is 1.19. The second kappa shape index (κ2) is 10.9. The first-order valence-corrected chi connectivity index (χ1v) is 13.2. The van der Waals surface area contributed by atoms with E-state index in [4.69, 9.17) is 19.2 Å². The molecule has 7 heteroatoms. The number of aromatic nitrogens is 1. The van der Waals surface area contributed by atoms with E-state index in [1.54, 1.807) is 14.2 Å². The zero-order chi connectivity index (χ0) is 25.9. The van der Waals surface area contributed by atoms with Crippen molar-refractivity contribution in [1.82, 2.24) is 14.8 Å². The summed E-state index contributed by atoms with van der Waals surface area (Å²) >= 11 is 0. The molecule has 38 heavy (non-hydrogen) atoms. The van der Waals surface area contributed by atoms with E-state index in [-0.39, 0.29) is 0 Å². The number of hydrogen-bond acceptors (Lipinski definition) is 7. The minimum Gasteiger partial charge on any atom is -0.497 e. The SMILES string of the molecule is COc1ccc(CN2COc3c(cc(CN4CCN(c5ccccc5OC)CC4)c4cccnc34)C2)cc1. The lowest BCUT2D eigenvalue weighted by molar-refractivity contribution is 0.0900. The molecule has 0 unspecified atom stereocenters. The number of methoxy groups -OCH3 is 2. The Kier molecular flexibility index (Phi) is 7.03. The van der Waals surface area contributed by atoms with Gasteiger partial charge in [0.05, 0.1) is 19.9 Å². The second-order valence-corrected chi connectivity index (χ2v) is 9.97. The van der Waals surface area contributed by atoms with Gasteiger partial charge in [0, 0.05) is 63.0 Å². The highest BCUT2D eigenvalue weighted by Gasteiger charge is 2.25. The van der Waals surface area contributed by atoms with Gasteiger partial charge in [-0.05, 0) is 47.5 Å². The van der Waals surface area contributed by atoms with Crippen LogP contribution in [-0.4, -0.2) is 61.9 Å². The Morgan fingerprint density at radius 2 is 1.66 bits per heavy atom. The fourth-order valence-electron chi connectivity index (χ4n) is 5.57. The molecule has 0 bridgehead atoms. The van der Waals surface area contributed by atoms with Crippen molar-refractivity contribution in [3.8, 4) is 17.2 Å². The topological polar surface area (TPSA) is 50.3 Å². The molecule has 0 amide bonds. The van der Waals surface area contributed by atoms with Gasteiger partial charge in [0.25, 0.3) is 0 Å². The molecule has 4 aromatic rings. The third-order valence-corrected chi connectivity index (χ3v) is 7.55. The molecule has 0 radical (unpaired) electrons. The number of hydrogen-bond donors (Lipinski definition) is 0. The molecule has 1 saturated heterocycles. The number of pyridine rings is 1. The summed E-state index contributed by atoms with van der Waals surface area (Å²) in [7, 11) is 3.44. The number of piperazine rings is 1. The molecule has 3 aromatic carbocycles. The highest BCUT2D eigenvalue weighted by molar-refractivity contribution is 5.89. The van der Waals surface area contributed by atoms with Crippen molar-refractivity contribution in [2.75, 3.05) is 52.0 Å². The number of anilines is 1. The maximum atomic E-state index is 6.30. The average molecular weight is 511 g/mol. The zero-order valence-corrected chi connectivity index (χ0v) is 22.1. The first-order valence-electron chi connectivity index (χ1n) is 13.2. The molecule has 0 atom stereocenters. The summed E-state index contributed by atoms with van der Waals surface area (Å²) in [4.78, 5) is 12.0. The van der Waals surface area contributed by atoms with Crippen molar-refractivity contribution >= 4 is 16.6 Å². The summed E-state index contributed by atoms with van der Waals surface area (Å²) < 4.78 is 17.2. The van der Waals surface area contributed by atoms with Crippen molar-refractivity contribution in [3.63, 3.8) is 0 Å². The van der Waals surface area contributed by atoms with Gasteiger partial charge in [0.15, 0.2) is 5.75 Å². The van der Waals surface area contributed by atoms with Crippen LogP contribution >= 0.6 is 0 Å². The van der Waals surface area contributed by atoms with Crippen LogP contribution in [0.5, 0.6) is 17.2 Å². The smallest absolute Gasteiger partial charge is 0.152 e. The Bertz CT molecular complexity index is 1400. The fraction of sp³-hybridized carbons (Fsp3) is 0.323. The van der Waals surface area contributed by atoms with Gasteiger partial charge < -0.3 is 19.1 Å². The van der Waals surface area contributed by atoms with E-state index in [1.807, 2.05) is 36.5 Å². The molecule has 3 heterocycles. The van der Waals surface area contributed by atoms with Gasteiger partial charge in [-0.2, -0.15) is 0 Å². The van der Waals surface area contributed by atoms with E-state index < -0.39 is 0 Å². The Morgan fingerprint density at radius 1 is 0.842 bits per heavy atom. The molecule has 2 aliphatic rings. The summed E-state index contributed by atoms with van der Waals surface area (Å²) in [5, 5.41) is 1.18. The molecular formula is C31H34N4O3. The maximum Gasteiger partial charge on any atom is 0.152 e. The number of para-hydroxylation sites is 2. The number of fused-ring (bicyclic) bond motifs is 3. The maximum absolute atomic E-state index is 6.30. The number of nitrogens with zero attached hydrogens (tertiary/aromatic N) is 4. The molecule has 0 N–H and O–H groups in total. The van der Waals surface area contributed by atoms with Gasteiger partial charge in [-0.25, -0.2) is 0 Å². The first kappa shape index (κ1) is 24.5. The Morgan fingerprint density at radius 3 is 2.45 bits per heavy atom. The minimum absolute atomic E-state index is 0.551. The van der Waals surface area contributed by atoms with Gasteiger partial charge in [-0.1, -0.05) is 30.3 Å². The predicted molar refractivity (Wildman–Crippen MR) is 150 cm³/mol. The van der Waals surface area contributed by atoms with Crippen LogP contribution in [0, 0.1) is 0 Å². The molecular weight excluding hydrogens is 476 g/mol. The highest BCUT2D eigenvalue weighted by atomic mass is 16.5. The van der Waals surface area contributed by atoms with Gasteiger partial charge >= 0.3 is 0 Å². The fourth-order valence-corrected chi connectivity index (χ4v) is 5.57. The summed E-state index contributed by atoms with van der Waals surface area (Å²) in [6, 6.07) is 23.1. The minimum atomic E-state index is 0.551. The second-order valence-electron chi connectivity index (χ2n) is 9.97. The number of rotatable bonds is 7. The quantitative estimate of drug-likeness (QED) is 0.350. The predicted octanol–water partition coefficient (Wildman–Crippen LogP) is 4.93. The van der Waals surface area contributed by atoms with E-state index in [0.717, 1.165) is 68.6 Å². The molecule has 1 fully saturated rings. The molecule has 1 aromatic heterocycles.